The fourth-order valence-corrected chi connectivity index (χ4v) is 3.54. The van der Waals surface area contributed by atoms with Gasteiger partial charge in [0.25, 0.3) is 11.6 Å². The minimum Gasteiger partial charge on any atom is -0.266 e. The van der Waals surface area contributed by atoms with Crippen LogP contribution in [0, 0.1) is 10.1 Å². The average Bonchev–Trinajstić information content (AvgIpc) is 3.05. The molecule has 0 atom stereocenters. The van der Waals surface area contributed by atoms with Gasteiger partial charge in [-0.3, -0.25) is 19.8 Å². The van der Waals surface area contributed by atoms with Crippen LogP contribution in [0.5, 0.6) is 0 Å². The maximum absolute atomic E-state index is 13.2. The molecule has 6 nitrogen and oxygen atoms in total. The largest absolute Gasteiger partial charge is 0.282 e. The minimum atomic E-state index is -0.473. The summed E-state index contributed by atoms with van der Waals surface area (Å²) in [6.07, 6.45) is 1.46. The van der Waals surface area contributed by atoms with Gasteiger partial charge in [0.05, 0.1) is 16.2 Å². The lowest BCUT2D eigenvalue weighted by Crippen LogP contribution is -2.32. The van der Waals surface area contributed by atoms with Crippen LogP contribution in [-0.2, 0) is 4.79 Å². The number of anilines is 1. The Morgan fingerprint density at radius 2 is 1.59 bits per heavy atom. The molecular formula is C22H14BrN3O3. The molecule has 142 valence electrons. The van der Waals surface area contributed by atoms with Crippen LogP contribution in [0.15, 0.2) is 94.0 Å². The Balaban J connectivity index is 1.88. The number of benzene rings is 3. The summed E-state index contributed by atoms with van der Waals surface area (Å²) in [6.45, 7) is 0. The summed E-state index contributed by atoms with van der Waals surface area (Å²) in [4.78, 5) is 30.2. The summed E-state index contributed by atoms with van der Waals surface area (Å²) >= 11 is 3.52. The predicted molar refractivity (Wildman–Crippen MR) is 116 cm³/mol. The van der Waals surface area contributed by atoms with Crippen LogP contribution in [0.25, 0.3) is 6.08 Å². The number of para-hydroxylation sites is 2. The van der Waals surface area contributed by atoms with Crippen LogP contribution >= 0.6 is 15.9 Å². The molecule has 0 saturated heterocycles. The molecule has 0 N–H and O–H groups in total. The topological polar surface area (TPSA) is 75.8 Å². The Bertz CT molecular complexity index is 1170. The first-order chi connectivity index (χ1) is 14.1. The van der Waals surface area contributed by atoms with Crippen LogP contribution in [0.4, 0.5) is 11.4 Å². The molecule has 0 unspecified atom stereocenters. The maximum Gasteiger partial charge on any atom is 0.282 e. The molecule has 0 aliphatic carbocycles. The second-order valence-corrected chi connectivity index (χ2v) is 7.09. The molecule has 0 spiro atoms. The number of carbonyl (C=O) groups is 1. The number of rotatable bonds is 4. The Morgan fingerprint density at radius 1 is 0.931 bits per heavy atom. The molecule has 3 aromatic rings. The number of nitro groups is 1. The lowest BCUT2D eigenvalue weighted by Gasteiger charge is -2.19. The third-order valence-corrected chi connectivity index (χ3v) is 5.11. The van der Waals surface area contributed by atoms with E-state index >= 15 is 0 Å². The number of halogens is 1. The summed E-state index contributed by atoms with van der Waals surface area (Å²) in [7, 11) is 0. The highest BCUT2D eigenvalue weighted by Crippen LogP contribution is 2.31. The van der Waals surface area contributed by atoms with Gasteiger partial charge in [-0.1, -0.05) is 64.5 Å². The molecule has 1 aliphatic heterocycles. The number of nitrogens with zero attached hydrogens (tertiary/aromatic N) is 3. The molecule has 3 aromatic carbocycles. The molecule has 0 aromatic heterocycles. The van der Waals surface area contributed by atoms with Gasteiger partial charge in [0.2, 0.25) is 0 Å². The molecule has 0 saturated carbocycles. The van der Waals surface area contributed by atoms with Crippen LogP contribution in [0.1, 0.15) is 11.1 Å². The summed E-state index contributed by atoms with van der Waals surface area (Å²) in [5.41, 5.74) is 1.79. The zero-order valence-electron chi connectivity index (χ0n) is 15.0. The van der Waals surface area contributed by atoms with Crippen LogP contribution in [-0.4, -0.2) is 16.7 Å². The first-order valence-electron chi connectivity index (χ1n) is 8.74. The molecule has 4 rings (SSSR count). The number of amidine groups is 1. The van der Waals surface area contributed by atoms with Gasteiger partial charge in [0.15, 0.2) is 0 Å². The number of hydrogen-bond acceptors (Lipinski definition) is 4. The fourth-order valence-electron chi connectivity index (χ4n) is 3.08. The molecule has 0 bridgehead atoms. The quantitative estimate of drug-likeness (QED) is 0.313. The molecule has 1 amide bonds. The van der Waals surface area contributed by atoms with Gasteiger partial charge in [-0.25, -0.2) is 4.99 Å². The van der Waals surface area contributed by atoms with Crippen LogP contribution in [0.3, 0.4) is 0 Å². The highest BCUT2D eigenvalue weighted by atomic mass is 79.9. The summed E-state index contributed by atoms with van der Waals surface area (Å²) in [5.74, 6) is 0.110. The first kappa shape index (κ1) is 18.8. The van der Waals surface area contributed by atoms with Crippen molar-refractivity contribution in [2.24, 2.45) is 4.99 Å². The molecule has 0 fully saturated rings. The van der Waals surface area contributed by atoms with Crippen molar-refractivity contribution in [2.45, 2.75) is 0 Å². The number of hydrogen-bond donors (Lipinski definition) is 0. The zero-order valence-corrected chi connectivity index (χ0v) is 16.6. The van der Waals surface area contributed by atoms with Gasteiger partial charge < -0.3 is 0 Å². The minimum absolute atomic E-state index is 0.0800. The monoisotopic (exact) mass is 447 g/mol. The van der Waals surface area contributed by atoms with Gasteiger partial charge in [-0.15, -0.1) is 0 Å². The number of carbonyl (C=O) groups excluding carboxylic acids is 1. The van der Waals surface area contributed by atoms with Crippen molar-refractivity contribution in [1.82, 2.24) is 0 Å². The Hall–Kier alpha value is -3.58. The van der Waals surface area contributed by atoms with Gasteiger partial charge in [0, 0.05) is 16.1 Å². The van der Waals surface area contributed by atoms with Gasteiger partial charge in [-0.05, 0) is 30.3 Å². The van der Waals surface area contributed by atoms with Gasteiger partial charge in [-0.2, -0.15) is 0 Å². The SMILES string of the molecule is O=C1/C(=C\c2ccccc2[N+](=O)[O-])N=C(c2ccccc2Br)N1c1ccccc1. The van der Waals surface area contributed by atoms with E-state index in [9.17, 15) is 14.9 Å². The van der Waals surface area contributed by atoms with E-state index < -0.39 is 4.92 Å². The van der Waals surface area contributed by atoms with Crippen molar-refractivity contribution in [3.05, 3.63) is 110 Å². The van der Waals surface area contributed by atoms with Crippen molar-refractivity contribution in [3.63, 3.8) is 0 Å². The predicted octanol–water partition coefficient (Wildman–Crippen LogP) is 5.19. The summed E-state index contributed by atoms with van der Waals surface area (Å²) in [6, 6.07) is 22.9. The molecule has 1 heterocycles. The Kier molecular flexibility index (Phi) is 5.05. The van der Waals surface area contributed by atoms with E-state index in [2.05, 4.69) is 20.9 Å². The molecule has 7 heteroatoms. The average molecular weight is 448 g/mol. The lowest BCUT2D eigenvalue weighted by atomic mass is 10.1. The van der Waals surface area contributed by atoms with Crippen molar-refractivity contribution in [1.29, 1.82) is 0 Å². The Labute approximate surface area is 175 Å². The summed E-state index contributed by atoms with van der Waals surface area (Å²) < 4.78 is 0.791. The normalized spacial score (nSPS) is 14.9. The molecule has 1 aliphatic rings. The van der Waals surface area contributed by atoms with Crippen molar-refractivity contribution >= 4 is 45.1 Å². The second kappa shape index (κ2) is 7.81. The van der Waals surface area contributed by atoms with E-state index in [1.165, 1.54) is 17.0 Å². The highest BCUT2D eigenvalue weighted by Gasteiger charge is 2.33. The number of nitro benzene ring substituents is 1. The van der Waals surface area contributed by atoms with Gasteiger partial charge in [0.1, 0.15) is 11.5 Å². The Morgan fingerprint density at radius 3 is 2.31 bits per heavy atom. The molecular weight excluding hydrogens is 434 g/mol. The standard InChI is InChI=1S/C22H14BrN3O3/c23-18-12-6-5-11-17(18)21-24-19(14-15-8-4-7-13-20(15)26(28)29)22(27)25(21)16-9-2-1-3-10-16/h1-14H/b19-14+. The molecule has 0 radical (unpaired) electrons. The third kappa shape index (κ3) is 3.60. The van der Waals surface area contributed by atoms with Crippen LogP contribution in [0.2, 0.25) is 0 Å². The number of amides is 1. The smallest absolute Gasteiger partial charge is 0.266 e. The number of aliphatic imine (C=N–C) groups is 1. The fraction of sp³-hybridized carbons (Fsp3) is 0. The van der Waals surface area contributed by atoms with Crippen LogP contribution < -0.4 is 4.90 Å². The third-order valence-electron chi connectivity index (χ3n) is 4.42. The summed E-state index contributed by atoms with van der Waals surface area (Å²) in [5, 5.41) is 11.3. The van der Waals surface area contributed by atoms with Crippen molar-refractivity contribution in [3.8, 4) is 0 Å². The first-order valence-corrected chi connectivity index (χ1v) is 9.54. The van der Waals surface area contributed by atoms with E-state index in [-0.39, 0.29) is 17.3 Å². The highest BCUT2D eigenvalue weighted by molar-refractivity contribution is 9.10. The van der Waals surface area contributed by atoms with E-state index in [0.717, 1.165) is 10.0 Å². The second-order valence-electron chi connectivity index (χ2n) is 6.24. The van der Waals surface area contributed by atoms with Gasteiger partial charge >= 0.3 is 0 Å². The lowest BCUT2D eigenvalue weighted by molar-refractivity contribution is -0.385. The zero-order chi connectivity index (χ0) is 20.4. The van der Waals surface area contributed by atoms with E-state index in [1.54, 1.807) is 18.2 Å². The van der Waals surface area contributed by atoms with Crippen molar-refractivity contribution < 1.29 is 9.72 Å². The maximum atomic E-state index is 13.2. The van der Waals surface area contributed by atoms with E-state index in [4.69, 9.17) is 0 Å². The molecule has 29 heavy (non-hydrogen) atoms. The van der Waals surface area contributed by atoms with Crippen molar-refractivity contribution in [2.75, 3.05) is 4.90 Å². The van der Waals surface area contributed by atoms with E-state index in [0.29, 0.717) is 17.1 Å². The van der Waals surface area contributed by atoms with E-state index in [1.807, 2.05) is 54.6 Å².